The van der Waals surface area contributed by atoms with Crippen LogP contribution in [0.2, 0.25) is 0 Å². The Bertz CT molecular complexity index is 156. The fourth-order valence-electron chi connectivity index (χ4n) is 1.22. The van der Waals surface area contributed by atoms with E-state index in [4.69, 9.17) is 0 Å². The van der Waals surface area contributed by atoms with Crippen LogP contribution in [0.25, 0.3) is 0 Å². The van der Waals surface area contributed by atoms with Crippen LogP contribution >= 0.6 is 22.6 Å². The number of hydrogen-bond acceptors (Lipinski definition) is 0. The van der Waals surface area contributed by atoms with Crippen molar-refractivity contribution in [3.63, 3.8) is 0 Å². The molecule has 0 aromatic rings. The molecular formula is C11H19I. The zero-order valence-corrected chi connectivity index (χ0v) is 10.4. The van der Waals surface area contributed by atoms with Crippen LogP contribution in [0.15, 0.2) is 21.8 Å². The fourth-order valence-corrected chi connectivity index (χ4v) is 2.25. The Labute approximate surface area is 90.3 Å². The highest BCUT2D eigenvalue weighted by molar-refractivity contribution is 14.1. The SMILES string of the molecule is C=CCC(CCC)=C(I)CCC. The Morgan fingerprint density at radius 3 is 2.25 bits per heavy atom. The van der Waals surface area contributed by atoms with Gasteiger partial charge in [-0.15, -0.1) is 6.58 Å². The van der Waals surface area contributed by atoms with Crippen LogP contribution in [0.3, 0.4) is 0 Å². The molecule has 70 valence electrons. The van der Waals surface area contributed by atoms with Gasteiger partial charge in [0, 0.05) is 0 Å². The second-order valence-corrected chi connectivity index (χ2v) is 4.30. The molecule has 0 aromatic heterocycles. The van der Waals surface area contributed by atoms with Crippen LogP contribution in [0.1, 0.15) is 46.0 Å². The van der Waals surface area contributed by atoms with E-state index in [0.29, 0.717) is 0 Å². The third kappa shape index (κ3) is 4.96. The molecule has 12 heavy (non-hydrogen) atoms. The molecule has 0 fully saturated rings. The van der Waals surface area contributed by atoms with E-state index >= 15 is 0 Å². The van der Waals surface area contributed by atoms with Gasteiger partial charge >= 0.3 is 0 Å². The van der Waals surface area contributed by atoms with Crippen LogP contribution in [-0.4, -0.2) is 0 Å². The lowest BCUT2D eigenvalue weighted by Crippen LogP contribution is -1.85. The normalized spacial score (nSPS) is 12.6. The molecule has 0 nitrogen and oxygen atoms in total. The van der Waals surface area contributed by atoms with Gasteiger partial charge in [-0.25, -0.2) is 0 Å². The summed E-state index contributed by atoms with van der Waals surface area (Å²) in [6, 6.07) is 0. The van der Waals surface area contributed by atoms with Gasteiger partial charge in [-0.3, -0.25) is 0 Å². The fraction of sp³-hybridized carbons (Fsp3) is 0.636. The number of allylic oxidation sites excluding steroid dienone is 3. The van der Waals surface area contributed by atoms with Crippen LogP contribution in [0.5, 0.6) is 0 Å². The van der Waals surface area contributed by atoms with E-state index < -0.39 is 0 Å². The molecule has 0 heterocycles. The first-order chi connectivity index (χ1) is 5.76. The lowest BCUT2D eigenvalue weighted by atomic mass is 10.1. The largest absolute Gasteiger partial charge is 0.103 e. The van der Waals surface area contributed by atoms with Gasteiger partial charge in [0.25, 0.3) is 0 Å². The maximum Gasteiger partial charge on any atom is -0.00990 e. The molecular weight excluding hydrogens is 259 g/mol. The number of halogens is 1. The van der Waals surface area contributed by atoms with Gasteiger partial charge in [-0.2, -0.15) is 0 Å². The molecule has 0 aliphatic heterocycles. The van der Waals surface area contributed by atoms with Crippen molar-refractivity contribution in [1.82, 2.24) is 0 Å². The van der Waals surface area contributed by atoms with E-state index in [-0.39, 0.29) is 0 Å². The molecule has 0 spiro atoms. The first kappa shape index (κ1) is 12.2. The lowest BCUT2D eigenvalue weighted by Gasteiger charge is -2.06. The van der Waals surface area contributed by atoms with E-state index in [2.05, 4.69) is 43.0 Å². The second-order valence-electron chi connectivity index (χ2n) is 3.00. The van der Waals surface area contributed by atoms with Crippen molar-refractivity contribution < 1.29 is 0 Å². The van der Waals surface area contributed by atoms with E-state index in [1.54, 1.807) is 9.15 Å². The highest BCUT2D eigenvalue weighted by Crippen LogP contribution is 2.24. The van der Waals surface area contributed by atoms with E-state index in [1.165, 1.54) is 25.7 Å². The Hall–Kier alpha value is 0.210. The van der Waals surface area contributed by atoms with Gasteiger partial charge in [-0.05, 0) is 45.4 Å². The Morgan fingerprint density at radius 2 is 1.83 bits per heavy atom. The summed E-state index contributed by atoms with van der Waals surface area (Å²) in [5.74, 6) is 0. The van der Waals surface area contributed by atoms with Gasteiger partial charge < -0.3 is 0 Å². The van der Waals surface area contributed by atoms with Crippen molar-refractivity contribution in [2.24, 2.45) is 0 Å². The summed E-state index contributed by atoms with van der Waals surface area (Å²) in [6.07, 6.45) is 8.07. The van der Waals surface area contributed by atoms with E-state index in [1.807, 2.05) is 6.08 Å². The van der Waals surface area contributed by atoms with Crippen LogP contribution in [0, 0.1) is 0 Å². The molecule has 0 aromatic carbocycles. The average Bonchev–Trinajstić information content (AvgIpc) is 2.04. The first-order valence-electron chi connectivity index (χ1n) is 4.73. The molecule has 0 aliphatic carbocycles. The third-order valence-electron chi connectivity index (χ3n) is 1.80. The van der Waals surface area contributed by atoms with Gasteiger partial charge in [-0.1, -0.05) is 38.3 Å². The van der Waals surface area contributed by atoms with Crippen molar-refractivity contribution in [3.8, 4) is 0 Å². The van der Waals surface area contributed by atoms with E-state index in [9.17, 15) is 0 Å². The molecule has 0 N–H and O–H groups in total. The minimum Gasteiger partial charge on any atom is -0.103 e. The minimum absolute atomic E-state index is 1.08. The number of rotatable bonds is 6. The summed E-state index contributed by atoms with van der Waals surface area (Å²) >= 11 is 2.48. The maximum atomic E-state index is 3.79. The summed E-state index contributed by atoms with van der Waals surface area (Å²) < 4.78 is 1.55. The van der Waals surface area contributed by atoms with Crippen molar-refractivity contribution in [2.75, 3.05) is 0 Å². The second kappa shape index (κ2) is 7.84. The van der Waals surface area contributed by atoms with Crippen molar-refractivity contribution >= 4 is 22.6 Å². The maximum absolute atomic E-state index is 3.79. The van der Waals surface area contributed by atoms with E-state index in [0.717, 1.165) is 6.42 Å². The summed E-state index contributed by atoms with van der Waals surface area (Å²) in [5, 5.41) is 0. The standard InChI is InChI=1S/C11H19I/c1-4-7-10(8-5-2)11(12)9-6-3/h4H,1,5-9H2,2-3H3. The molecule has 0 atom stereocenters. The van der Waals surface area contributed by atoms with Gasteiger partial charge in [0.05, 0.1) is 0 Å². The van der Waals surface area contributed by atoms with Crippen LogP contribution in [-0.2, 0) is 0 Å². The molecule has 0 rings (SSSR count). The Kier molecular flexibility index (Phi) is 7.98. The van der Waals surface area contributed by atoms with Gasteiger partial charge in [0.2, 0.25) is 0 Å². The Balaban J connectivity index is 4.20. The summed E-state index contributed by atoms with van der Waals surface area (Å²) in [5.41, 5.74) is 1.59. The van der Waals surface area contributed by atoms with Crippen molar-refractivity contribution in [2.45, 2.75) is 46.0 Å². The van der Waals surface area contributed by atoms with Gasteiger partial charge in [0.1, 0.15) is 0 Å². The molecule has 0 saturated carbocycles. The van der Waals surface area contributed by atoms with Crippen LogP contribution in [0.4, 0.5) is 0 Å². The molecule has 0 bridgehead atoms. The van der Waals surface area contributed by atoms with Crippen LogP contribution < -0.4 is 0 Å². The quantitative estimate of drug-likeness (QED) is 0.481. The topological polar surface area (TPSA) is 0 Å². The summed E-state index contributed by atoms with van der Waals surface area (Å²) in [6.45, 7) is 8.26. The molecule has 0 saturated heterocycles. The molecule has 0 radical (unpaired) electrons. The highest BCUT2D eigenvalue weighted by atomic mass is 127. The summed E-state index contributed by atoms with van der Waals surface area (Å²) in [4.78, 5) is 0. The smallest absolute Gasteiger partial charge is 0.00990 e. The van der Waals surface area contributed by atoms with Crippen molar-refractivity contribution in [1.29, 1.82) is 0 Å². The highest BCUT2D eigenvalue weighted by Gasteiger charge is 2.00. The monoisotopic (exact) mass is 278 g/mol. The Morgan fingerprint density at radius 1 is 1.25 bits per heavy atom. The minimum atomic E-state index is 1.08. The molecule has 0 unspecified atom stereocenters. The molecule has 1 heteroatoms. The summed E-state index contributed by atoms with van der Waals surface area (Å²) in [7, 11) is 0. The number of hydrogen-bond donors (Lipinski definition) is 0. The van der Waals surface area contributed by atoms with Crippen molar-refractivity contribution in [3.05, 3.63) is 21.8 Å². The predicted octanol–water partition coefficient (Wildman–Crippen LogP) is 4.85. The molecule has 0 aliphatic rings. The lowest BCUT2D eigenvalue weighted by molar-refractivity contribution is 0.851. The first-order valence-corrected chi connectivity index (χ1v) is 5.81. The average molecular weight is 278 g/mol. The third-order valence-corrected chi connectivity index (χ3v) is 3.10. The zero-order chi connectivity index (χ0) is 9.40. The predicted molar refractivity (Wildman–Crippen MR) is 65.7 cm³/mol. The molecule has 0 amide bonds. The zero-order valence-electron chi connectivity index (χ0n) is 8.20. The van der Waals surface area contributed by atoms with Gasteiger partial charge in [0.15, 0.2) is 0 Å².